The molecule has 1 heterocycles. The van der Waals surface area contributed by atoms with Gasteiger partial charge in [-0.2, -0.15) is 5.26 Å². The van der Waals surface area contributed by atoms with E-state index >= 15 is 0 Å². The Balaban J connectivity index is 1.80. The number of rotatable bonds is 5. The van der Waals surface area contributed by atoms with Gasteiger partial charge in [-0.05, 0) is 37.4 Å². The van der Waals surface area contributed by atoms with E-state index < -0.39 is 0 Å². The van der Waals surface area contributed by atoms with Crippen molar-refractivity contribution in [1.29, 1.82) is 5.26 Å². The Bertz CT molecular complexity index is 421. The Kier molecular flexibility index (Phi) is 3.86. The quantitative estimate of drug-likeness (QED) is 0.791. The minimum absolute atomic E-state index is 0.748. The fourth-order valence-electron chi connectivity index (χ4n) is 2.36. The molecule has 3 nitrogen and oxygen atoms in total. The fraction of sp³-hybridized carbons (Fsp3) is 0.643. The van der Waals surface area contributed by atoms with Crippen molar-refractivity contribution in [3.8, 4) is 6.07 Å². The number of hydrogen-bond donors (Lipinski definition) is 1. The first-order valence-corrected chi connectivity index (χ1v) is 6.48. The molecule has 0 saturated heterocycles. The molecule has 0 aliphatic heterocycles. The molecule has 0 radical (unpaired) electrons. The van der Waals surface area contributed by atoms with Crippen molar-refractivity contribution in [3.63, 3.8) is 0 Å². The van der Waals surface area contributed by atoms with E-state index in [0.29, 0.717) is 0 Å². The monoisotopic (exact) mass is 231 g/mol. The molecular weight excluding hydrogens is 210 g/mol. The minimum Gasteiger partial charge on any atom is -0.340 e. The van der Waals surface area contributed by atoms with Gasteiger partial charge in [-0.15, -0.1) is 0 Å². The van der Waals surface area contributed by atoms with Crippen molar-refractivity contribution >= 4 is 0 Å². The van der Waals surface area contributed by atoms with Crippen molar-refractivity contribution in [2.45, 2.75) is 39.2 Å². The van der Waals surface area contributed by atoms with Crippen LogP contribution in [0.1, 0.15) is 42.6 Å². The molecule has 0 aromatic carbocycles. The van der Waals surface area contributed by atoms with Crippen LogP contribution in [0.2, 0.25) is 0 Å². The van der Waals surface area contributed by atoms with Gasteiger partial charge in [0.2, 0.25) is 0 Å². The average Bonchev–Trinajstić information content (AvgIpc) is 2.54. The molecule has 1 aliphatic rings. The second-order valence-electron chi connectivity index (χ2n) is 5.07. The highest BCUT2D eigenvalue weighted by molar-refractivity contribution is 5.33. The Morgan fingerprint density at radius 3 is 2.82 bits per heavy atom. The van der Waals surface area contributed by atoms with Crippen LogP contribution in [0, 0.1) is 24.2 Å². The van der Waals surface area contributed by atoms with Crippen LogP contribution >= 0.6 is 0 Å². The van der Waals surface area contributed by atoms with Gasteiger partial charge < -0.3 is 9.88 Å². The second-order valence-corrected chi connectivity index (χ2v) is 5.07. The molecule has 0 unspecified atom stereocenters. The molecule has 1 saturated carbocycles. The van der Waals surface area contributed by atoms with Gasteiger partial charge in [-0.1, -0.05) is 19.3 Å². The Hall–Kier alpha value is -1.27. The van der Waals surface area contributed by atoms with Crippen LogP contribution in [-0.4, -0.2) is 11.1 Å². The van der Waals surface area contributed by atoms with E-state index in [-0.39, 0.29) is 0 Å². The van der Waals surface area contributed by atoms with Crippen LogP contribution < -0.4 is 5.32 Å². The maximum absolute atomic E-state index is 8.95. The van der Waals surface area contributed by atoms with Crippen molar-refractivity contribution < 1.29 is 0 Å². The van der Waals surface area contributed by atoms with Crippen molar-refractivity contribution in [2.24, 2.45) is 13.0 Å². The summed E-state index contributed by atoms with van der Waals surface area (Å²) in [6.07, 6.45) is 5.57. The molecular formula is C14H21N3. The van der Waals surface area contributed by atoms with Crippen molar-refractivity contribution in [3.05, 3.63) is 23.0 Å². The number of nitriles is 1. The normalized spacial score (nSPS) is 15.6. The first kappa shape index (κ1) is 12.2. The van der Waals surface area contributed by atoms with Gasteiger partial charge in [0.15, 0.2) is 0 Å². The zero-order valence-corrected chi connectivity index (χ0v) is 10.8. The summed E-state index contributed by atoms with van der Waals surface area (Å²) in [6.45, 7) is 4.05. The molecule has 1 aromatic rings. The summed E-state index contributed by atoms with van der Waals surface area (Å²) in [4.78, 5) is 0. The Morgan fingerprint density at radius 2 is 2.29 bits per heavy atom. The van der Waals surface area contributed by atoms with E-state index in [0.717, 1.165) is 24.7 Å². The number of nitrogens with zero attached hydrogens (tertiary/aromatic N) is 2. The van der Waals surface area contributed by atoms with Gasteiger partial charge in [0.05, 0.1) is 0 Å². The van der Waals surface area contributed by atoms with Crippen LogP contribution in [0.3, 0.4) is 0 Å². The van der Waals surface area contributed by atoms with E-state index in [2.05, 4.69) is 18.3 Å². The molecule has 0 bridgehead atoms. The Morgan fingerprint density at radius 1 is 1.53 bits per heavy atom. The smallest absolute Gasteiger partial charge is 0.120 e. The fourth-order valence-corrected chi connectivity index (χ4v) is 2.36. The SMILES string of the molecule is Cc1c(CNCCC2CCC2)cc(C#N)n1C. The molecule has 3 heteroatoms. The topological polar surface area (TPSA) is 40.8 Å². The standard InChI is InChI=1S/C14H21N3/c1-11-13(8-14(9-15)17(11)2)10-16-7-6-12-4-3-5-12/h8,12,16H,3-7,10H2,1-2H3. The molecule has 0 spiro atoms. The third kappa shape index (κ3) is 2.70. The van der Waals surface area contributed by atoms with Crippen LogP contribution in [0.5, 0.6) is 0 Å². The number of aromatic nitrogens is 1. The first-order chi connectivity index (χ1) is 8.22. The zero-order chi connectivity index (χ0) is 12.3. The minimum atomic E-state index is 0.748. The highest BCUT2D eigenvalue weighted by Crippen LogP contribution is 2.28. The predicted molar refractivity (Wildman–Crippen MR) is 68.5 cm³/mol. The van der Waals surface area contributed by atoms with Crippen molar-refractivity contribution in [2.75, 3.05) is 6.54 Å². The lowest BCUT2D eigenvalue weighted by Gasteiger charge is -2.25. The zero-order valence-electron chi connectivity index (χ0n) is 10.8. The largest absolute Gasteiger partial charge is 0.340 e. The van der Waals surface area contributed by atoms with E-state index in [1.807, 2.05) is 17.7 Å². The summed E-state index contributed by atoms with van der Waals surface area (Å²) in [5, 5.41) is 12.4. The van der Waals surface area contributed by atoms with Crippen molar-refractivity contribution in [1.82, 2.24) is 9.88 Å². The van der Waals surface area contributed by atoms with Crippen LogP contribution in [-0.2, 0) is 13.6 Å². The first-order valence-electron chi connectivity index (χ1n) is 6.48. The van der Waals surface area contributed by atoms with Gasteiger partial charge in [0, 0.05) is 19.3 Å². The highest BCUT2D eigenvalue weighted by Gasteiger charge is 2.16. The van der Waals surface area contributed by atoms with Gasteiger partial charge in [-0.3, -0.25) is 0 Å². The maximum Gasteiger partial charge on any atom is 0.120 e. The Labute approximate surface area is 103 Å². The van der Waals surface area contributed by atoms with E-state index in [4.69, 9.17) is 5.26 Å². The van der Waals surface area contributed by atoms with Crippen LogP contribution in [0.4, 0.5) is 0 Å². The lowest BCUT2D eigenvalue weighted by Crippen LogP contribution is -2.21. The van der Waals surface area contributed by atoms with Gasteiger partial charge in [0.25, 0.3) is 0 Å². The highest BCUT2D eigenvalue weighted by atomic mass is 15.0. The van der Waals surface area contributed by atoms with E-state index in [1.165, 1.54) is 36.9 Å². The summed E-state index contributed by atoms with van der Waals surface area (Å²) >= 11 is 0. The molecule has 17 heavy (non-hydrogen) atoms. The van der Waals surface area contributed by atoms with E-state index in [9.17, 15) is 0 Å². The summed E-state index contributed by atoms with van der Waals surface area (Å²) in [7, 11) is 1.95. The lowest BCUT2D eigenvalue weighted by molar-refractivity contribution is 0.292. The summed E-state index contributed by atoms with van der Waals surface area (Å²) in [5.41, 5.74) is 3.19. The summed E-state index contributed by atoms with van der Waals surface area (Å²) in [5.74, 6) is 0.967. The number of nitrogens with one attached hydrogen (secondary N) is 1. The molecule has 1 aliphatic carbocycles. The van der Waals surface area contributed by atoms with Gasteiger partial charge in [-0.25, -0.2) is 0 Å². The average molecular weight is 231 g/mol. The van der Waals surface area contributed by atoms with Gasteiger partial charge >= 0.3 is 0 Å². The third-order valence-corrected chi connectivity index (χ3v) is 4.02. The maximum atomic E-state index is 8.95. The molecule has 1 aromatic heterocycles. The predicted octanol–water partition coefficient (Wildman–Crippen LogP) is 2.49. The summed E-state index contributed by atoms with van der Waals surface area (Å²) in [6, 6.07) is 4.21. The van der Waals surface area contributed by atoms with Crippen LogP contribution in [0.15, 0.2) is 6.07 Å². The lowest BCUT2D eigenvalue weighted by atomic mass is 9.83. The molecule has 92 valence electrons. The van der Waals surface area contributed by atoms with Gasteiger partial charge in [0.1, 0.15) is 11.8 Å². The molecule has 0 amide bonds. The van der Waals surface area contributed by atoms with E-state index in [1.54, 1.807) is 0 Å². The molecule has 1 fully saturated rings. The molecule has 2 rings (SSSR count). The summed E-state index contributed by atoms with van der Waals surface area (Å²) < 4.78 is 1.96. The molecule has 0 atom stereocenters. The second kappa shape index (κ2) is 5.37. The third-order valence-electron chi connectivity index (χ3n) is 4.02. The number of hydrogen-bond acceptors (Lipinski definition) is 2. The molecule has 1 N–H and O–H groups in total. The van der Waals surface area contributed by atoms with Crippen LogP contribution in [0.25, 0.3) is 0 Å².